The first-order valence-corrected chi connectivity index (χ1v) is 11.3. The summed E-state index contributed by atoms with van der Waals surface area (Å²) in [6, 6.07) is 5.54. The monoisotopic (exact) mass is 462 g/mol. The Morgan fingerprint density at radius 3 is 2.56 bits per heavy atom. The summed E-state index contributed by atoms with van der Waals surface area (Å²) in [4.78, 5) is 32.1. The first-order valence-electron chi connectivity index (χ1n) is 11.3. The van der Waals surface area contributed by atoms with Crippen molar-refractivity contribution in [3.63, 3.8) is 0 Å². The van der Waals surface area contributed by atoms with E-state index in [9.17, 15) is 9.59 Å². The summed E-state index contributed by atoms with van der Waals surface area (Å²) in [6.45, 7) is 3.73. The molecule has 0 bridgehead atoms. The molecule has 0 saturated carbocycles. The molecule has 1 heterocycles. The largest absolute Gasteiger partial charge is 0.481 e. The smallest absolute Gasteiger partial charge is 0.341 e. The molecule has 2 aliphatic carbocycles. The van der Waals surface area contributed by atoms with Gasteiger partial charge in [0.15, 0.2) is 12.4 Å². The van der Waals surface area contributed by atoms with Crippen molar-refractivity contribution in [3.8, 4) is 5.75 Å². The lowest BCUT2D eigenvalue weighted by molar-refractivity contribution is -0.139. The normalized spacial score (nSPS) is 17.4. The number of amides is 1. The quantitative estimate of drug-likeness (QED) is 0.480. The van der Waals surface area contributed by atoms with E-state index in [0.717, 1.165) is 36.9 Å². The molecular weight excluding hydrogens is 432 g/mol. The van der Waals surface area contributed by atoms with Crippen LogP contribution in [-0.2, 0) is 16.1 Å². The lowest BCUT2D eigenvalue weighted by Gasteiger charge is -2.17. The molecule has 0 atom stereocenters. The van der Waals surface area contributed by atoms with E-state index in [4.69, 9.17) is 14.6 Å². The highest BCUT2D eigenvalue weighted by Crippen LogP contribution is 2.35. The number of ether oxygens (including phenoxy) is 1. The maximum absolute atomic E-state index is 12.5. The SMILES string of the molecule is CC(=O)c1c(C)n(C/C2=C/C3=CCCC=C3/C=C\CC2)c2cccc(OCC(=O)O)c12.NC=O. The second-order valence-corrected chi connectivity index (χ2v) is 8.21. The standard InChI is InChI=1S/C26H27NO4.CH3NO/c1-17-25(18(2)28)26-22(12-7-13-23(26)31-16-24(29)30)27(17)15-19-8-3-4-9-20-10-5-6-11-21(20)14-19;2-1-3/h4,7,9-14H,3,5-6,8,15-16H2,1-2H3,(H,29,30);1H,(H2,2,3)/b9-4-,19-14+;. The van der Waals surface area contributed by atoms with Gasteiger partial charge in [0.05, 0.1) is 10.9 Å². The average Bonchev–Trinajstić information content (AvgIpc) is 3.06. The van der Waals surface area contributed by atoms with Gasteiger partial charge in [-0.3, -0.25) is 9.59 Å². The van der Waals surface area contributed by atoms with Crippen LogP contribution in [0.3, 0.4) is 0 Å². The van der Waals surface area contributed by atoms with E-state index in [1.54, 1.807) is 13.0 Å². The zero-order valence-corrected chi connectivity index (χ0v) is 19.5. The summed E-state index contributed by atoms with van der Waals surface area (Å²) in [6.07, 6.45) is 15.6. The lowest BCUT2D eigenvalue weighted by atomic mass is 9.92. The minimum absolute atomic E-state index is 0.0533. The molecule has 3 N–H and O–H groups in total. The van der Waals surface area contributed by atoms with Crippen molar-refractivity contribution in [1.29, 1.82) is 0 Å². The Bertz CT molecular complexity index is 1230. The topological polar surface area (TPSA) is 112 Å². The van der Waals surface area contributed by atoms with Crippen molar-refractivity contribution in [2.45, 2.75) is 46.1 Å². The number of allylic oxidation sites excluding steroid dienone is 8. The van der Waals surface area contributed by atoms with Crippen LogP contribution in [-0.4, -0.2) is 34.4 Å². The van der Waals surface area contributed by atoms with Crippen molar-refractivity contribution in [3.05, 3.63) is 76.6 Å². The third-order valence-electron chi connectivity index (χ3n) is 5.89. The molecule has 1 amide bonds. The van der Waals surface area contributed by atoms with Gasteiger partial charge in [0.25, 0.3) is 0 Å². The number of hydrogen-bond donors (Lipinski definition) is 2. The van der Waals surface area contributed by atoms with Crippen molar-refractivity contribution in [1.82, 2.24) is 4.57 Å². The van der Waals surface area contributed by atoms with Gasteiger partial charge in [0.1, 0.15) is 5.75 Å². The van der Waals surface area contributed by atoms with Crippen LogP contribution in [0.2, 0.25) is 0 Å². The molecular formula is C27H30N2O5. The summed E-state index contributed by atoms with van der Waals surface area (Å²) in [5, 5.41) is 9.72. The van der Waals surface area contributed by atoms with E-state index < -0.39 is 12.6 Å². The number of aromatic nitrogens is 1. The van der Waals surface area contributed by atoms with Gasteiger partial charge in [-0.1, -0.05) is 36.4 Å². The lowest BCUT2D eigenvalue weighted by Crippen LogP contribution is -2.09. The maximum atomic E-state index is 12.5. The number of aliphatic carboxylic acids is 1. The number of nitrogens with two attached hydrogens (primary N) is 1. The third kappa shape index (κ3) is 5.54. The summed E-state index contributed by atoms with van der Waals surface area (Å²) in [5.74, 6) is -0.668. The molecule has 178 valence electrons. The summed E-state index contributed by atoms with van der Waals surface area (Å²) >= 11 is 0. The van der Waals surface area contributed by atoms with Gasteiger partial charge < -0.3 is 20.1 Å². The molecule has 34 heavy (non-hydrogen) atoms. The van der Waals surface area contributed by atoms with Crippen LogP contribution in [0, 0.1) is 6.92 Å². The fourth-order valence-corrected chi connectivity index (χ4v) is 4.51. The Hall–Kier alpha value is -3.87. The van der Waals surface area contributed by atoms with E-state index in [2.05, 4.69) is 40.7 Å². The van der Waals surface area contributed by atoms with E-state index in [0.29, 0.717) is 23.2 Å². The van der Waals surface area contributed by atoms with E-state index in [1.165, 1.54) is 16.7 Å². The van der Waals surface area contributed by atoms with Gasteiger partial charge in [0.2, 0.25) is 6.41 Å². The molecule has 1 aromatic heterocycles. The summed E-state index contributed by atoms with van der Waals surface area (Å²) in [7, 11) is 0. The van der Waals surface area contributed by atoms with Crippen LogP contribution in [0.1, 0.15) is 48.7 Å². The van der Waals surface area contributed by atoms with Crippen LogP contribution in [0.5, 0.6) is 5.75 Å². The van der Waals surface area contributed by atoms with E-state index >= 15 is 0 Å². The minimum Gasteiger partial charge on any atom is -0.481 e. The average molecular weight is 463 g/mol. The number of rotatable bonds is 6. The number of carbonyl (C=O) groups excluding carboxylic acids is 2. The number of benzene rings is 1. The molecule has 2 aromatic rings. The fourth-order valence-electron chi connectivity index (χ4n) is 4.51. The van der Waals surface area contributed by atoms with Crippen molar-refractivity contribution in [2.24, 2.45) is 5.73 Å². The molecule has 4 rings (SSSR count). The maximum Gasteiger partial charge on any atom is 0.341 e. The van der Waals surface area contributed by atoms with E-state index in [-0.39, 0.29) is 12.2 Å². The first kappa shape index (κ1) is 24.8. The van der Waals surface area contributed by atoms with Crippen molar-refractivity contribution in [2.75, 3.05) is 6.61 Å². The first-order chi connectivity index (χ1) is 16.4. The number of ketones is 1. The number of fused-ring (bicyclic) bond motifs is 2. The highest BCUT2D eigenvalue weighted by Gasteiger charge is 2.22. The number of carbonyl (C=O) groups is 3. The van der Waals surface area contributed by atoms with Gasteiger partial charge in [-0.25, -0.2) is 4.79 Å². The third-order valence-corrected chi connectivity index (χ3v) is 5.89. The molecule has 1 aromatic carbocycles. The van der Waals surface area contributed by atoms with Gasteiger partial charge in [0, 0.05) is 17.8 Å². The van der Waals surface area contributed by atoms with E-state index in [1.807, 2.05) is 19.1 Å². The number of primary amides is 1. The summed E-state index contributed by atoms with van der Waals surface area (Å²) in [5.41, 5.74) is 10.4. The number of nitrogens with zero attached hydrogens (tertiary/aromatic N) is 1. The molecule has 0 unspecified atom stereocenters. The number of carboxylic acids is 1. The molecule has 7 nitrogen and oxygen atoms in total. The van der Waals surface area contributed by atoms with Gasteiger partial charge in [-0.15, -0.1) is 0 Å². The Balaban J connectivity index is 0.00000103. The predicted octanol–water partition coefficient (Wildman–Crippen LogP) is 4.64. The number of hydrogen-bond acceptors (Lipinski definition) is 4. The molecule has 7 heteroatoms. The van der Waals surface area contributed by atoms with Crippen LogP contribution >= 0.6 is 0 Å². The Kier molecular flexibility index (Phi) is 8.24. The zero-order valence-electron chi connectivity index (χ0n) is 19.5. The molecule has 0 fully saturated rings. The van der Waals surface area contributed by atoms with Crippen LogP contribution < -0.4 is 10.5 Å². The van der Waals surface area contributed by atoms with Gasteiger partial charge >= 0.3 is 5.97 Å². The van der Waals surface area contributed by atoms with Gasteiger partial charge in [-0.05, 0) is 68.4 Å². The Labute approximate surface area is 198 Å². The zero-order chi connectivity index (χ0) is 24.7. The molecule has 2 aliphatic rings. The van der Waals surface area contributed by atoms with Gasteiger partial charge in [-0.2, -0.15) is 0 Å². The fraction of sp³-hybridized carbons (Fsp3) is 0.296. The number of Topliss-reactive ketones (excluding diaryl/α,β-unsaturated/α-hetero) is 1. The highest BCUT2D eigenvalue weighted by atomic mass is 16.5. The molecule has 0 radical (unpaired) electrons. The number of carboxylic acid groups (broad SMARTS) is 1. The second-order valence-electron chi connectivity index (χ2n) is 8.21. The Morgan fingerprint density at radius 2 is 1.88 bits per heavy atom. The minimum atomic E-state index is -1.05. The second kappa shape index (κ2) is 11.3. The van der Waals surface area contributed by atoms with Crippen LogP contribution in [0.25, 0.3) is 10.9 Å². The molecule has 0 aliphatic heterocycles. The summed E-state index contributed by atoms with van der Waals surface area (Å²) < 4.78 is 7.69. The Morgan fingerprint density at radius 1 is 1.18 bits per heavy atom. The molecule has 0 saturated heterocycles. The predicted molar refractivity (Wildman–Crippen MR) is 132 cm³/mol. The highest BCUT2D eigenvalue weighted by molar-refractivity contribution is 6.10. The van der Waals surface area contributed by atoms with Crippen molar-refractivity contribution >= 4 is 29.1 Å². The van der Waals surface area contributed by atoms with Crippen LogP contribution in [0.4, 0.5) is 0 Å². The molecule has 0 spiro atoms. The van der Waals surface area contributed by atoms with Crippen LogP contribution in [0.15, 0.2) is 65.3 Å². The van der Waals surface area contributed by atoms with Crippen molar-refractivity contribution < 1.29 is 24.2 Å².